The minimum atomic E-state index is -0.357. The lowest BCUT2D eigenvalue weighted by molar-refractivity contribution is 0.0920. The van der Waals surface area contributed by atoms with Crippen LogP contribution in [0.1, 0.15) is 40.5 Å². The average molecular weight is 336 g/mol. The van der Waals surface area contributed by atoms with Crippen LogP contribution < -0.4 is 10.6 Å². The molecule has 0 spiro atoms. The number of amides is 2. The molecule has 0 saturated heterocycles. The molecule has 1 unspecified atom stereocenters. The second-order valence-corrected chi connectivity index (χ2v) is 6.52. The van der Waals surface area contributed by atoms with E-state index in [1.807, 2.05) is 13.8 Å². The third-order valence-electron chi connectivity index (χ3n) is 3.37. The number of thiophene rings is 1. The Labute approximate surface area is 138 Å². The van der Waals surface area contributed by atoms with Gasteiger partial charge in [0.1, 0.15) is 0 Å². The quantitative estimate of drug-likeness (QED) is 0.725. The van der Waals surface area contributed by atoms with Crippen molar-refractivity contribution >= 4 is 28.2 Å². The maximum Gasteiger partial charge on any atom is 0.291 e. The van der Waals surface area contributed by atoms with Crippen LogP contribution in [0.25, 0.3) is 0 Å². The summed E-state index contributed by atoms with van der Waals surface area (Å²) in [5.41, 5.74) is 0. The van der Waals surface area contributed by atoms with Gasteiger partial charge in [-0.15, -0.1) is 11.3 Å². The van der Waals surface area contributed by atoms with Crippen LogP contribution >= 0.6 is 11.3 Å². The van der Waals surface area contributed by atoms with E-state index in [1.165, 1.54) is 17.6 Å². The summed E-state index contributed by atoms with van der Waals surface area (Å²) in [7, 11) is 0. The molecule has 1 atom stereocenters. The van der Waals surface area contributed by atoms with Crippen LogP contribution in [0.3, 0.4) is 0 Å². The molecule has 7 heteroatoms. The number of rotatable bonds is 7. The lowest BCUT2D eigenvalue weighted by Gasteiger charge is -2.21. The van der Waals surface area contributed by atoms with E-state index in [-0.39, 0.29) is 36.1 Å². The number of anilines is 1. The first-order valence-corrected chi connectivity index (χ1v) is 8.19. The van der Waals surface area contributed by atoms with E-state index < -0.39 is 0 Å². The van der Waals surface area contributed by atoms with E-state index in [9.17, 15) is 9.59 Å². The number of aliphatic hydroxyl groups is 1. The van der Waals surface area contributed by atoms with Gasteiger partial charge in [0.05, 0.1) is 16.1 Å². The van der Waals surface area contributed by atoms with Gasteiger partial charge in [0.15, 0.2) is 5.76 Å². The van der Waals surface area contributed by atoms with Crippen LogP contribution in [0.15, 0.2) is 34.9 Å². The molecule has 3 N–H and O–H groups in total. The van der Waals surface area contributed by atoms with E-state index in [0.29, 0.717) is 16.3 Å². The van der Waals surface area contributed by atoms with Crippen molar-refractivity contribution in [3.05, 3.63) is 41.2 Å². The van der Waals surface area contributed by atoms with Gasteiger partial charge in [-0.2, -0.15) is 0 Å². The van der Waals surface area contributed by atoms with Gasteiger partial charge in [-0.25, -0.2) is 0 Å². The van der Waals surface area contributed by atoms with Gasteiger partial charge < -0.3 is 20.2 Å². The zero-order valence-corrected chi connectivity index (χ0v) is 13.9. The number of hydrogen-bond acceptors (Lipinski definition) is 5. The van der Waals surface area contributed by atoms with Crippen molar-refractivity contribution < 1.29 is 19.1 Å². The average Bonchev–Trinajstić information content (AvgIpc) is 3.17. The molecule has 0 aliphatic carbocycles. The van der Waals surface area contributed by atoms with Crippen LogP contribution in [0.4, 0.5) is 5.00 Å². The molecule has 2 rings (SSSR count). The highest BCUT2D eigenvalue weighted by atomic mass is 32.1. The second-order valence-electron chi connectivity index (χ2n) is 5.43. The van der Waals surface area contributed by atoms with Crippen LogP contribution in [0, 0.1) is 5.92 Å². The Bertz CT molecular complexity index is 649. The number of carbonyl (C=O) groups excluding carboxylic acids is 2. The molecule has 0 radical (unpaired) electrons. The summed E-state index contributed by atoms with van der Waals surface area (Å²) >= 11 is 1.19. The van der Waals surface area contributed by atoms with E-state index >= 15 is 0 Å². The summed E-state index contributed by atoms with van der Waals surface area (Å²) in [5.74, 6) is -0.124. The highest BCUT2D eigenvalue weighted by Gasteiger charge is 2.18. The Kier molecular flexibility index (Phi) is 5.95. The van der Waals surface area contributed by atoms with Gasteiger partial charge in [0, 0.05) is 12.6 Å². The summed E-state index contributed by atoms with van der Waals surface area (Å²) in [6.45, 7) is 4.01. The van der Waals surface area contributed by atoms with Crippen molar-refractivity contribution in [2.75, 3.05) is 11.9 Å². The fraction of sp³-hybridized carbons (Fsp3) is 0.375. The van der Waals surface area contributed by atoms with Crippen LogP contribution in [0.2, 0.25) is 0 Å². The number of nitrogens with one attached hydrogen (secondary N) is 2. The van der Waals surface area contributed by atoms with Gasteiger partial charge in [-0.3, -0.25) is 9.59 Å². The monoisotopic (exact) mass is 336 g/mol. The lowest BCUT2D eigenvalue weighted by atomic mass is 10.0. The first-order chi connectivity index (χ1) is 11.0. The van der Waals surface area contributed by atoms with Crippen molar-refractivity contribution in [2.24, 2.45) is 5.92 Å². The van der Waals surface area contributed by atoms with E-state index in [2.05, 4.69) is 10.6 Å². The predicted molar refractivity (Wildman–Crippen MR) is 88.8 cm³/mol. The van der Waals surface area contributed by atoms with Crippen molar-refractivity contribution in [1.82, 2.24) is 5.32 Å². The predicted octanol–water partition coefficient (Wildman–Crippen LogP) is 2.73. The molecule has 23 heavy (non-hydrogen) atoms. The SMILES string of the molecule is CC(C)C(CCO)NC(=O)c1ccc(NC(=O)c2ccco2)s1. The number of carbonyl (C=O) groups is 2. The summed E-state index contributed by atoms with van der Waals surface area (Å²) in [6, 6.07) is 6.45. The maximum absolute atomic E-state index is 12.2. The number of hydrogen-bond donors (Lipinski definition) is 3. The van der Waals surface area contributed by atoms with Gasteiger partial charge in [0.25, 0.3) is 11.8 Å². The van der Waals surface area contributed by atoms with E-state index in [4.69, 9.17) is 9.52 Å². The topological polar surface area (TPSA) is 91.6 Å². The second kappa shape index (κ2) is 7.94. The zero-order valence-electron chi connectivity index (χ0n) is 13.0. The molecule has 0 bridgehead atoms. The Balaban J connectivity index is 1.98. The standard InChI is InChI=1S/C16H20N2O4S/c1-10(2)11(7-8-19)17-16(21)13-5-6-14(23-13)18-15(20)12-4-3-9-22-12/h3-6,9-11,19H,7-8H2,1-2H3,(H,17,21)(H,18,20). The van der Waals surface area contributed by atoms with E-state index in [1.54, 1.807) is 24.3 Å². The molecule has 6 nitrogen and oxygen atoms in total. The van der Waals surface area contributed by atoms with Crippen molar-refractivity contribution in [3.63, 3.8) is 0 Å². The molecular weight excluding hydrogens is 316 g/mol. The third kappa shape index (κ3) is 4.67. The molecule has 0 aromatic carbocycles. The third-order valence-corrected chi connectivity index (χ3v) is 4.37. The van der Waals surface area contributed by atoms with E-state index in [0.717, 1.165) is 0 Å². The first kappa shape index (κ1) is 17.2. The van der Waals surface area contributed by atoms with Crippen molar-refractivity contribution in [2.45, 2.75) is 26.3 Å². The van der Waals surface area contributed by atoms with Crippen LogP contribution in [-0.4, -0.2) is 29.6 Å². The minimum absolute atomic E-state index is 0.0258. The molecule has 2 heterocycles. The molecule has 2 aromatic heterocycles. The molecule has 0 saturated carbocycles. The zero-order chi connectivity index (χ0) is 16.8. The Hall–Kier alpha value is -2.12. The first-order valence-electron chi connectivity index (χ1n) is 7.37. The molecule has 0 fully saturated rings. The largest absolute Gasteiger partial charge is 0.459 e. The lowest BCUT2D eigenvalue weighted by Crippen LogP contribution is -2.38. The van der Waals surface area contributed by atoms with Crippen LogP contribution in [-0.2, 0) is 0 Å². The summed E-state index contributed by atoms with van der Waals surface area (Å²) in [4.78, 5) is 24.6. The maximum atomic E-state index is 12.2. The highest BCUT2D eigenvalue weighted by molar-refractivity contribution is 7.18. The Morgan fingerprint density at radius 1 is 1.26 bits per heavy atom. The smallest absolute Gasteiger partial charge is 0.291 e. The summed E-state index contributed by atoms with van der Waals surface area (Å²) in [6.07, 6.45) is 1.94. The highest BCUT2D eigenvalue weighted by Crippen LogP contribution is 2.23. The molecular formula is C16H20N2O4S. The van der Waals surface area contributed by atoms with Gasteiger partial charge in [-0.05, 0) is 36.6 Å². The molecule has 2 amide bonds. The molecule has 124 valence electrons. The molecule has 0 aliphatic heterocycles. The number of aliphatic hydroxyl groups excluding tert-OH is 1. The summed E-state index contributed by atoms with van der Waals surface area (Å²) < 4.78 is 5.02. The van der Waals surface area contributed by atoms with Crippen molar-refractivity contribution in [1.29, 1.82) is 0 Å². The Morgan fingerprint density at radius 2 is 2.04 bits per heavy atom. The number of furan rings is 1. The Morgan fingerprint density at radius 3 is 2.65 bits per heavy atom. The summed E-state index contributed by atoms with van der Waals surface area (Å²) in [5, 5.41) is 15.2. The van der Waals surface area contributed by atoms with Gasteiger partial charge in [-0.1, -0.05) is 13.8 Å². The minimum Gasteiger partial charge on any atom is -0.459 e. The van der Waals surface area contributed by atoms with Crippen molar-refractivity contribution in [3.8, 4) is 0 Å². The van der Waals surface area contributed by atoms with Crippen LogP contribution in [0.5, 0.6) is 0 Å². The fourth-order valence-electron chi connectivity index (χ4n) is 2.06. The van der Waals surface area contributed by atoms with Gasteiger partial charge >= 0.3 is 0 Å². The molecule has 0 aliphatic rings. The van der Waals surface area contributed by atoms with Gasteiger partial charge in [0.2, 0.25) is 0 Å². The fourth-order valence-corrected chi connectivity index (χ4v) is 2.86. The molecule has 2 aromatic rings. The normalized spacial score (nSPS) is 12.2.